The smallest absolute Gasteiger partial charge is 0.410 e. The fourth-order valence-electron chi connectivity index (χ4n) is 2.69. The first-order chi connectivity index (χ1) is 9.89. The minimum atomic E-state index is -0.458. The van der Waals surface area contributed by atoms with Gasteiger partial charge in [0.05, 0.1) is 6.61 Å². The summed E-state index contributed by atoms with van der Waals surface area (Å²) in [6.45, 7) is 7.15. The van der Waals surface area contributed by atoms with Crippen LogP contribution in [0.3, 0.4) is 0 Å². The van der Waals surface area contributed by atoms with Crippen molar-refractivity contribution in [1.29, 1.82) is 0 Å². The largest absolute Gasteiger partial charge is 0.444 e. The average Bonchev–Trinajstić information content (AvgIpc) is 2.46. The van der Waals surface area contributed by atoms with Crippen molar-refractivity contribution in [2.24, 2.45) is 0 Å². The van der Waals surface area contributed by atoms with Gasteiger partial charge in [0.25, 0.3) is 0 Å². The number of aliphatic hydroxyl groups excluding tert-OH is 1. The van der Waals surface area contributed by atoms with E-state index in [1.54, 1.807) is 4.90 Å². The van der Waals surface area contributed by atoms with Crippen LogP contribution >= 0.6 is 0 Å². The average molecular weight is 291 g/mol. The highest BCUT2D eigenvalue weighted by atomic mass is 16.6. The Balaban J connectivity index is 2.04. The molecule has 0 aliphatic carbocycles. The second-order valence-corrected chi connectivity index (χ2v) is 6.67. The second-order valence-electron chi connectivity index (χ2n) is 6.67. The molecule has 1 aromatic carbocycles. The second kappa shape index (κ2) is 6.48. The normalized spacial score (nSPS) is 19.4. The van der Waals surface area contributed by atoms with E-state index < -0.39 is 5.60 Å². The summed E-state index contributed by atoms with van der Waals surface area (Å²) < 4.78 is 5.45. The molecular weight excluding hydrogens is 266 g/mol. The Bertz CT molecular complexity index is 493. The number of piperidine rings is 1. The minimum absolute atomic E-state index is 0.0519. The van der Waals surface area contributed by atoms with Crippen LogP contribution in [-0.4, -0.2) is 34.8 Å². The van der Waals surface area contributed by atoms with Gasteiger partial charge in [-0.25, -0.2) is 4.79 Å². The Kier molecular flexibility index (Phi) is 4.88. The summed E-state index contributed by atoms with van der Waals surface area (Å²) >= 11 is 0. The zero-order valence-corrected chi connectivity index (χ0v) is 13.1. The third kappa shape index (κ3) is 4.46. The maximum absolute atomic E-state index is 12.2. The van der Waals surface area contributed by atoms with Gasteiger partial charge < -0.3 is 14.7 Å². The molecule has 1 N–H and O–H groups in total. The predicted molar refractivity (Wildman–Crippen MR) is 82.1 cm³/mol. The van der Waals surface area contributed by atoms with Crippen molar-refractivity contribution in [2.75, 3.05) is 13.1 Å². The Hall–Kier alpha value is -1.55. The number of ether oxygens (including phenoxy) is 1. The summed E-state index contributed by atoms with van der Waals surface area (Å²) in [5.74, 6) is 0.317. The maximum Gasteiger partial charge on any atom is 0.410 e. The zero-order chi connectivity index (χ0) is 15.5. The lowest BCUT2D eigenvalue weighted by Crippen LogP contribution is -2.42. The van der Waals surface area contributed by atoms with Crippen molar-refractivity contribution >= 4 is 6.09 Å². The first-order valence-electron chi connectivity index (χ1n) is 7.56. The number of nitrogens with zero attached hydrogens (tertiary/aromatic N) is 1. The van der Waals surface area contributed by atoms with Gasteiger partial charge >= 0.3 is 6.09 Å². The molecule has 21 heavy (non-hydrogen) atoms. The number of rotatable bonds is 2. The molecule has 4 heteroatoms. The van der Waals surface area contributed by atoms with E-state index in [1.807, 2.05) is 39.0 Å². The third-order valence-electron chi connectivity index (χ3n) is 3.68. The zero-order valence-electron chi connectivity index (χ0n) is 13.1. The van der Waals surface area contributed by atoms with Crippen LogP contribution in [0.5, 0.6) is 0 Å². The summed E-state index contributed by atoms with van der Waals surface area (Å²) in [5, 5.41) is 9.24. The third-order valence-corrected chi connectivity index (χ3v) is 3.68. The molecule has 1 atom stereocenters. The molecule has 1 heterocycles. The van der Waals surface area contributed by atoms with Crippen molar-refractivity contribution in [3.05, 3.63) is 35.4 Å². The van der Waals surface area contributed by atoms with Crippen LogP contribution in [0.1, 0.15) is 50.7 Å². The molecule has 0 saturated carbocycles. The summed E-state index contributed by atoms with van der Waals surface area (Å²) in [5.41, 5.74) is 1.65. The molecule has 0 bridgehead atoms. The molecule has 1 aliphatic rings. The SMILES string of the molecule is CC(C)(C)OC(=O)N1CCC[C@@H](c2cccc(CO)c2)C1. The number of aliphatic hydroxyl groups is 1. The highest BCUT2D eigenvalue weighted by molar-refractivity contribution is 5.68. The van der Waals surface area contributed by atoms with E-state index in [9.17, 15) is 9.90 Å². The number of likely N-dealkylation sites (tertiary alicyclic amines) is 1. The van der Waals surface area contributed by atoms with E-state index in [2.05, 4.69) is 6.07 Å². The van der Waals surface area contributed by atoms with E-state index in [4.69, 9.17) is 4.74 Å². The van der Waals surface area contributed by atoms with Gasteiger partial charge in [0.2, 0.25) is 0 Å². The molecule has 116 valence electrons. The Morgan fingerprint density at radius 3 is 2.86 bits per heavy atom. The highest BCUT2D eigenvalue weighted by Gasteiger charge is 2.28. The summed E-state index contributed by atoms with van der Waals surface area (Å²) in [7, 11) is 0. The monoisotopic (exact) mass is 291 g/mol. The molecule has 1 aliphatic heterocycles. The number of carbonyl (C=O) groups excluding carboxylic acids is 1. The van der Waals surface area contributed by atoms with Crippen LogP contribution < -0.4 is 0 Å². The summed E-state index contributed by atoms with van der Waals surface area (Å²) in [4.78, 5) is 14.0. The van der Waals surface area contributed by atoms with Crippen molar-refractivity contribution < 1.29 is 14.6 Å². The van der Waals surface area contributed by atoms with E-state index in [0.29, 0.717) is 12.5 Å². The van der Waals surface area contributed by atoms with E-state index >= 15 is 0 Å². The molecule has 0 spiro atoms. The number of benzene rings is 1. The number of hydrogen-bond donors (Lipinski definition) is 1. The molecular formula is C17H25NO3. The van der Waals surface area contributed by atoms with E-state index in [-0.39, 0.29) is 12.7 Å². The molecule has 1 aromatic rings. The number of hydrogen-bond acceptors (Lipinski definition) is 3. The standard InChI is InChI=1S/C17H25NO3/c1-17(2,3)21-16(20)18-9-5-8-15(11-18)14-7-4-6-13(10-14)12-19/h4,6-7,10,15,19H,5,8-9,11-12H2,1-3H3/t15-/m1/s1. The van der Waals surface area contributed by atoms with Crippen molar-refractivity contribution in [1.82, 2.24) is 4.90 Å². The molecule has 4 nitrogen and oxygen atoms in total. The van der Waals surface area contributed by atoms with E-state index in [0.717, 1.165) is 24.9 Å². The van der Waals surface area contributed by atoms with Crippen molar-refractivity contribution in [2.45, 2.75) is 51.7 Å². The maximum atomic E-state index is 12.2. The van der Waals surface area contributed by atoms with Gasteiger partial charge in [-0.15, -0.1) is 0 Å². The van der Waals surface area contributed by atoms with Crippen LogP contribution in [0, 0.1) is 0 Å². The molecule has 1 saturated heterocycles. The molecule has 0 aromatic heterocycles. The van der Waals surface area contributed by atoms with Crippen molar-refractivity contribution in [3.8, 4) is 0 Å². The number of carbonyl (C=O) groups is 1. The van der Waals surface area contributed by atoms with Crippen LogP contribution in [0.4, 0.5) is 4.79 Å². The molecule has 2 rings (SSSR count). The predicted octanol–water partition coefficient (Wildman–Crippen LogP) is 3.29. The van der Waals surface area contributed by atoms with Gasteiger partial charge in [-0.05, 0) is 44.7 Å². The first-order valence-corrected chi connectivity index (χ1v) is 7.56. The lowest BCUT2D eigenvalue weighted by atomic mass is 9.90. The Morgan fingerprint density at radius 1 is 1.43 bits per heavy atom. The fraction of sp³-hybridized carbons (Fsp3) is 0.588. The van der Waals surface area contributed by atoms with Crippen LogP contribution in [-0.2, 0) is 11.3 Å². The summed E-state index contributed by atoms with van der Waals surface area (Å²) in [6, 6.07) is 7.98. The van der Waals surface area contributed by atoms with Gasteiger partial charge in [-0.3, -0.25) is 0 Å². The Labute approximate surface area is 126 Å². The van der Waals surface area contributed by atoms with Gasteiger partial charge in [0.15, 0.2) is 0 Å². The van der Waals surface area contributed by atoms with Crippen molar-refractivity contribution in [3.63, 3.8) is 0 Å². The highest BCUT2D eigenvalue weighted by Crippen LogP contribution is 2.28. The lowest BCUT2D eigenvalue weighted by molar-refractivity contribution is 0.0198. The topological polar surface area (TPSA) is 49.8 Å². The molecule has 1 fully saturated rings. The van der Waals surface area contributed by atoms with Gasteiger partial charge in [-0.1, -0.05) is 24.3 Å². The molecule has 0 unspecified atom stereocenters. The fourth-order valence-corrected chi connectivity index (χ4v) is 2.69. The van der Waals surface area contributed by atoms with Gasteiger partial charge in [0, 0.05) is 19.0 Å². The summed E-state index contributed by atoms with van der Waals surface area (Å²) in [6.07, 6.45) is 1.81. The minimum Gasteiger partial charge on any atom is -0.444 e. The molecule has 0 radical (unpaired) electrons. The van der Waals surface area contributed by atoms with Gasteiger partial charge in [0.1, 0.15) is 5.60 Å². The number of amides is 1. The lowest BCUT2D eigenvalue weighted by Gasteiger charge is -2.34. The first kappa shape index (κ1) is 15.8. The quantitative estimate of drug-likeness (QED) is 0.909. The molecule has 1 amide bonds. The van der Waals surface area contributed by atoms with Crippen LogP contribution in [0.15, 0.2) is 24.3 Å². The van der Waals surface area contributed by atoms with Crippen LogP contribution in [0.25, 0.3) is 0 Å². The van der Waals surface area contributed by atoms with Gasteiger partial charge in [-0.2, -0.15) is 0 Å². The van der Waals surface area contributed by atoms with E-state index in [1.165, 1.54) is 5.56 Å². The van der Waals surface area contributed by atoms with Crippen LogP contribution in [0.2, 0.25) is 0 Å². The Morgan fingerprint density at radius 2 is 2.19 bits per heavy atom.